The number of hydrogen-bond acceptors (Lipinski definition) is 2. The van der Waals surface area contributed by atoms with E-state index >= 15 is 0 Å². The van der Waals surface area contributed by atoms with Gasteiger partial charge in [-0.2, -0.15) is 0 Å². The topological polar surface area (TPSA) is 32.3 Å². The zero-order valence-electron chi connectivity index (χ0n) is 12.7. The molecule has 0 fully saturated rings. The van der Waals surface area contributed by atoms with Gasteiger partial charge in [-0.15, -0.1) is 0 Å². The lowest BCUT2D eigenvalue weighted by molar-refractivity contribution is 0.374. The Kier molecular flexibility index (Phi) is 5.94. The highest BCUT2D eigenvalue weighted by Crippen LogP contribution is 2.28. The van der Waals surface area contributed by atoms with Gasteiger partial charge in [0.15, 0.2) is 0 Å². The second-order valence-electron chi connectivity index (χ2n) is 5.72. The minimum Gasteiger partial charge on any atom is -0.513 e. The van der Waals surface area contributed by atoms with Crippen LogP contribution in [-0.2, 0) is 0 Å². The molecule has 0 heterocycles. The maximum atomic E-state index is 9.38. The van der Waals surface area contributed by atoms with Crippen LogP contribution in [0.5, 0.6) is 0 Å². The largest absolute Gasteiger partial charge is 0.513 e. The monoisotopic (exact) mass is 261 g/mol. The lowest BCUT2D eigenvalue weighted by atomic mass is 9.91. The van der Waals surface area contributed by atoms with Gasteiger partial charge in [0.05, 0.1) is 5.76 Å². The van der Waals surface area contributed by atoms with Gasteiger partial charge in [0, 0.05) is 18.7 Å². The number of rotatable bonds is 7. The molecule has 0 aliphatic carbocycles. The summed E-state index contributed by atoms with van der Waals surface area (Å²) in [5.74, 6) is 1.27. The van der Waals surface area contributed by atoms with E-state index in [2.05, 4.69) is 57.8 Å². The number of benzene rings is 1. The first-order valence-electron chi connectivity index (χ1n) is 7.15. The summed E-state index contributed by atoms with van der Waals surface area (Å²) in [6.45, 7) is 13.3. The van der Waals surface area contributed by atoms with E-state index in [0.717, 1.165) is 13.0 Å². The van der Waals surface area contributed by atoms with Crippen LogP contribution in [0, 0.1) is 12.8 Å². The predicted octanol–water partition coefficient (Wildman–Crippen LogP) is 5.02. The van der Waals surface area contributed by atoms with Crippen molar-refractivity contribution >= 4 is 5.69 Å². The molecule has 2 nitrogen and oxygen atoms in total. The number of allylic oxidation sites excluding steroid dienone is 1. The van der Waals surface area contributed by atoms with Crippen LogP contribution >= 0.6 is 0 Å². The van der Waals surface area contributed by atoms with Crippen molar-refractivity contribution in [2.75, 3.05) is 11.9 Å². The van der Waals surface area contributed by atoms with Gasteiger partial charge in [0.1, 0.15) is 0 Å². The van der Waals surface area contributed by atoms with Crippen LogP contribution in [0.3, 0.4) is 0 Å². The van der Waals surface area contributed by atoms with Gasteiger partial charge in [0.25, 0.3) is 0 Å². The molecule has 2 N–H and O–H groups in total. The van der Waals surface area contributed by atoms with E-state index in [1.165, 1.54) is 16.8 Å². The summed E-state index contributed by atoms with van der Waals surface area (Å²) < 4.78 is 0. The lowest BCUT2D eigenvalue weighted by Crippen LogP contribution is -2.09. The van der Waals surface area contributed by atoms with E-state index in [0.29, 0.717) is 18.3 Å². The minimum absolute atomic E-state index is 0.270. The predicted molar refractivity (Wildman–Crippen MR) is 83.9 cm³/mol. The van der Waals surface area contributed by atoms with Crippen molar-refractivity contribution in [2.24, 2.45) is 5.92 Å². The highest BCUT2D eigenvalue weighted by molar-refractivity contribution is 5.52. The molecule has 0 radical (unpaired) electrons. The molecule has 1 rings (SSSR count). The third-order valence-corrected chi connectivity index (χ3v) is 3.40. The number of aliphatic hydroxyl groups excluding tert-OH is 1. The van der Waals surface area contributed by atoms with Crippen molar-refractivity contribution in [2.45, 2.75) is 46.5 Å². The van der Waals surface area contributed by atoms with Crippen molar-refractivity contribution < 1.29 is 5.11 Å². The summed E-state index contributed by atoms with van der Waals surface area (Å²) in [6.07, 6.45) is 1.66. The maximum Gasteiger partial charge on any atom is 0.0857 e. The van der Waals surface area contributed by atoms with Gasteiger partial charge in [-0.3, -0.25) is 0 Å². The number of hydrogen-bond donors (Lipinski definition) is 2. The van der Waals surface area contributed by atoms with Crippen LogP contribution in [0.4, 0.5) is 5.69 Å². The zero-order valence-corrected chi connectivity index (χ0v) is 12.7. The van der Waals surface area contributed by atoms with Crippen molar-refractivity contribution in [1.82, 2.24) is 0 Å². The summed E-state index contributed by atoms with van der Waals surface area (Å²) in [5.41, 5.74) is 3.75. The zero-order chi connectivity index (χ0) is 14.4. The molecule has 0 amide bonds. The van der Waals surface area contributed by atoms with Crippen LogP contribution in [0.25, 0.3) is 0 Å². The molecule has 1 atom stereocenters. The molecule has 0 aliphatic heterocycles. The van der Waals surface area contributed by atoms with Gasteiger partial charge in [-0.1, -0.05) is 39.5 Å². The molecule has 106 valence electrons. The maximum absolute atomic E-state index is 9.38. The van der Waals surface area contributed by atoms with Gasteiger partial charge in [-0.25, -0.2) is 0 Å². The molecule has 0 saturated carbocycles. The Morgan fingerprint density at radius 1 is 1.37 bits per heavy atom. The molecular formula is C17H27NO. The molecule has 0 bridgehead atoms. The summed E-state index contributed by atoms with van der Waals surface area (Å²) >= 11 is 0. The van der Waals surface area contributed by atoms with Crippen LogP contribution in [0.2, 0.25) is 0 Å². The molecule has 1 aromatic rings. The highest BCUT2D eigenvalue weighted by atomic mass is 16.3. The Hall–Kier alpha value is -1.44. The third kappa shape index (κ3) is 4.98. The van der Waals surface area contributed by atoms with Crippen LogP contribution in [0.1, 0.15) is 50.7 Å². The van der Waals surface area contributed by atoms with E-state index in [1.54, 1.807) is 0 Å². The van der Waals surface area contributed by atoms with Crippen LogP contribution in [0.15, 0.2) is 30.5 Å². The number of aliphatic hydroxyl groups is 1. The van der Waals surface area contributed by atoms with Crippen molar-refractivity contribution in [3.05, 3.63) is 41.7 Å². The molecule has 0 saturated heterocycles. The fraction of sp³-hybridized carbons (Fsp3) is 0.529. The van der Waals surface area contributed by atoms with Gasteiger partial charge in [-0.05, 0) is 42.4 Å². The van der Waals surface area contributed by atoms with Gasteiger partial charge < -0.3 is 10.4 Å². The normalized spacial score (nSPS) is 12.5. The minimum atomic E-state index is 0.270. The van der Waals surface area contributed by atoms with E-state index < -0.39 is 0 Å². The summed E-state index contributed by atoms with van der Waals surface area (Å²) in [5, 5.41) is 12.8. The molecule has 1 unspecified atom stereocenters. The molecule has 0 aromatic heterocycles. The first kappa shape index (κ1) is 15.6. The van der Waals surface area contributed by atoms with Gasteiger partial charge >= 0.3 is 0 Å². The van der Waals surface area contributed by atoms with E-state index in [-0.39, 0.29) is 5.76 Å². The Morgan fingerprint density at radius 3 is 2.53 bits per heavy atom. The number of anilines is 1. The number of nitrogens with one attached hydrogen (secondary N) is 1. The Balaban J connectivity index is 2.82. The van der Waals surface area contributed by atoms with E-state index in [4.69, 9.17) is 0 Å². The Bertz CT molecular complexity index is 423. The first-order valence-corrected chi connectivity index (χ1v) is 7.15. The number of aryl methyl sites for hydroxylation is 1. The van der Waals surface area contributed by atoms with Crippen molar-refractivity contribution in [3.63, 3.8) is 0 Å². The SMILES string of the molecule is C=C(O)CC(CC)c1ccc(NCC(C)C)c(C)c1. The second-order valence-corrected chi connectivity index (χ2v) is 5.72. The average molecular weight is 261 g/mol. The molecule has 0 aliphatic rings. The molecule has 19 heavy (non-hydrogen) atoms. The molecule has 1 aromatic carbocycles. The quantitative estimate of drug-likeness (QED) is 0.676. The van der Waals surface area contributed by atoms with Crippen LogP contribution < -0.4 is 5.32 Å². The summed E-state index contributed by atoms with van der Waals surface area (Å²) in [6, 6.07) is 6.53. The first-order chi connectivity index (χ1) is 8.93. The second kappa shape index (κ2) is 7.22. The highest BCUT2D eigenvalue weighted by Gasteiger charge is 2.12. The van der Waals surface area contributed by atoms with Crippen LogP contribution in [-0.4, -0.2) is 11.7 Å². The summed E-state index contributed by atoms with van der Waals surface area (Å²) in [7, 11) is 0. The van der Waals surface area contributed by atoms with Gasteiger partial charge in [0.2, 0.25) is 0 Å². The Labute approximate surface area is 117 Å². The molecular weight excluding hydrogens is 234 g/mol. The lowest BCUT2D eigenvalue weighted by Gasteiger charge is -2.18. The fourth-order valence-corrected chi connectivity index (χ4v) is 2.24. The standard InChI is InChI=1S/C17H27NO/c1-6-15(10-14(5)19)16-7-8-17(13(4)9-16)18-11-12(2)3/h7-9,12,15,18-19H,5-6,10-11H2,1-4H3. The summed E-state index contributed by atoms with van der Waals surface area (Å²) in [4.78, 5) is 0. The molecule has 0 spiro atoms. The fourth-order valence-electron chi connectivity index (χ4n) is 2.24. The van der Waals surface area contributed by atoms with Crippen molar-refractivity contribution in [1.29, 1.82) is 0 Å². The smallest absolute Gasteiger partial charge is 0.0857 e. The van der Waals surface area contributed by atoms with E-state index in [9.17, 15) is 5.11 Å². The Morgan fingerprint density at radius 2 is 2.05 bits per heavy atom. The van der Waals surface area contributed by atoms with E-state index in [1.807, 2.05) is 0 Å². The third-order valence-electron chi connectivity index (χ3n) is 3.40. The van der Waals surface area contributed by atoms with Crippen molar-refractivity contribution in [3.8, 4) is 0 Å². The average Bonchev–Trinajstić information content (AvgIpc) is 2.34. The molecule has 2 heteroatoms.